The lowest BCUT2D eigenvalue weighted by Crippen LogP contribution is -1.89. The van der Waals surface area contributed by atoms with Gasteiger partial charge in [0.2, 0.25) is 0 Å². The van der Waals surface area contributed by atoms with Gasteiger partial charge in [-0.15, -0.1) is 0 Å². The van der Waals surface area contributed by atoms with Crippen LogP contribution in [-0.4, -0.2) is 17.1 Å². The molecule has 0 radical (unpaired) electrons. The molecule has 1 aromatic carbocycles. The normalized spacial score (nSPS) is 10.5. The van der Waals surface area contributed by atoms with E-state index in [-0.39, 0.29) is 0 Å². The van der Waals surface area contributed by atoms with Crippen molar-refractivity contribution in [3.8, 4) is 17.0 Å². The molecule has 0 bridgehead atoms. The first kappa shape index (κ1) is 11.8. The van der Waals surface area contributed by atoms with Gasteiger partial charge in [-0.05, 0) is 28.1 Å². The fourth-order valence-corrected chi connectivity index (χ4v) is 2.29. The molecule has 0 aliphatic carbocycles. The van der Waals surface area contributed by atoms with E-state index in [4.69, 9.17) is 27.9 Å². The molecular formula is C10H7BrCl2N2O. The molecule has 1 aromatic heterocycles. The summed E-state index contributed by atoms with van der Waals surface area (Å²) in [5.41, 5.74) is 1.56. The van der Waals surface area contributed by atoms with E-state index in [1.54, 1.807) is 25.4 Å². The maximum absolute atomic E-state index is 6.04. The molecule has 0 fully saturated rings. The smallest absolute Gasteiger partial charge is 0.174 e. The number of hydrogen-bond donors (Lipinski definition) is 1. The number of aromatic nitrogens is 2. The number of nitrogens with zero attached hydrogens (tertiary/aromatic N) is 1. The quantitative estimate of drug-likeness (QED) is 0.902. The molecule has 3 nitrogen and oxygen atoms in total. The van der Waals surface area contributed by atoms with Crippen LogP contribution in [-0.2, 0) is 0 Å². The first-order valence-corrected chi connectivity index (χ1v) is 5.90. The highest BCUT2D eigenvalue weighted by Gasteiger charge is 2.13. The van der Waals surface area contributed by atoms with Gasteiger partial charge in [-0.1, -0.05) is 23.2 Å². The van der Waals surface area contributed by atoms with Gasteiger partial charge in [0.1, 0.15) is 5.75 Å². The standard InChI is InChI=1S/C10H7BrCl2N2O/c1-16-9-6(2-5(12)3-7(9)13)8-4-14-10(11)15-8/h2-4H,1H3,(H,14,15). The van der Waals surface area contributed by atoms with Crippen LogP contribution in [0.4, 0.5) is 0 Å². The minimum Gasteiger partial charge on any atom is -0.494 e. The molecule has 0 atom stereocenters. The lowest BCUT2D eigenvalue weighted by atomic mass is 10.1. The molecule has 2 aromatic rings. The summed E-state index contributed by atoms with van der Waals surface area (Å²) < 4.78 is 5.88. The Hall–Kier alpha value is -0.710. The highest BCUT2D eigenvalue weighted by atomic mass is 79.9. The lowest BCUT2D eigenvalue weighted by molar-refractivity contribution is 0.416. The molecule has 0 saturated carbocycles. The van der Waals surface area contributed by atoms with Gasteiger partial charge in [0.05, 0.1) is 24.0 Å². The summed E-state index contributed by atoms with van der Waals surface area (Å²) >= 11 is 15.2. The molecule has 0 saturated heterocycles. The number of imidazole rings is 1. The number of H-pyrrole nitrogens is 1. The molecule has 0 unspecified atom stereocenters. The molecule has 0 aliphatic rings. The van der Waals surface area contributed by atoms with Crippen LogP contribution in [0.15, 0.2) is 23.1 Å². The predicted molar refractivity (Wildman–Crippen MR) is 68.3 cm³/mol. The number of aromatic amines is 1. The molecule has 2 rings (SSSR count). The van der Waals surface area contributed by atoms with Crippen LogP contribution in [0.25, 0.3) is 11.3 Å². The Balaban J connectivity index is 2.63. The van der Waals surface area contributed by atoms with Crippen LogP contribution in [0.1, 0.15) is 0 Å². The minimum atomic E-state index is 0.468. The number of rotatable bonds is 2. The topological polar surface area (TPSA) is 37.9 Å². The van der Waals surface area contributed by atoms with Crippen LogP contribution < -0.4 is 4.74 Å². The van der Waals surface area contributed by atoms with E-state index in [0.717, 1.165) is 11.3 Å². The van der Waals surface area contributed by atoms with Crippen molar-refractivity contribution in [1.29, 1.82) is 0 Å². The van der Waals surface area contributed by atoms with Crippen molar-refractivity contribution in [2.45, 2.75) is 0 Å². The highest BCUT2D eigenvalue weighted by molar-refractivity contribution is 9.10. The second kappa shape index (κ2) is 4.65. The summed E-state index contributed by atoms with van der Waals surface area (Å²) in [5, 5.41) is 1.02. The fourth-order valence-electron chi connectivity index (χ4n) is 1.40. The first-order chi connectivity index (χ1) is 7.61. The van der Waals surface area contributed by atoms with Gasteiger partial charge in [-0.25, -0.2) is 4.98 Å². The zero-order chi connectivity index (χ0) is 11.7. The summed E-state index contributed by atoms with van der Waals surface area (Å²) in [4.78, 5) is 7.08. The maximum Gasteiger partial charge on any atom is 0.174 e. The number of hydrogen-bond acceptors (Lipinski definition) is 2. The van der Waals surface area contributed by atoms with E-state index < -0.39 is 0 Å². The largest absolute Gasteiger partial charge is 0.494 e. The Morgan fingerprint density at radius 3 is 2.69 bits per heavy atom. The van der Waals surface area contributed by atoms with E-state index in [0.29, 0.717) is 20.5 Å². The SMILES string of the molecule is COc1c(Cl)cc(Cl)cc1-c1cnc(Br)[nH]1. The number of ether oxygens (including phenoxy) is 1. The summed E-state index contributed by atoms with van der Waals surface area (Å²) in [7, 11) is 1.56. The zero-order valence-electron chi connectivity index (χ0n) is 8.22. The number of methoxy groups -OCH3 is 1. The molecule has 1 N–H and O–H groups in total. The summed E-state index contributed by atoms with van der Waals surface area (Å²) in [5.74, 6) is 0.571. The van der Waals surface area contributed by atoms with E-state index >= 15 is 0 Å². The zero-order valence-corrected chi connectivity index (χ0v) is 11.3. The van der Waals surface area contributed by atoms with Crippen molar-refractivity contribution in [2.75, 3.05) is 7.11 Å². The molecule has 16 heavy (non-hydrogen) atoms. The fraction of sp³-hybridized carbons (Fsp3) is 0.100. The van der Waals surface area contributed by atoms with Gasteiger partial charge in [-0.2, -0.15) is 0 Å². The summed E-state index contributed by atoms with van der Waals surface area (Å²) in [6.07, 6.45) is 1.68. The molecule has 6 heteroatoms. The Labute approximate surface area is 111 Å². The third-order valence-electron chi connectivity index (χ3n) is 2.05. The van der Waals surface area contributed by atoms with Crippen LogP contribution in [0, 0.1) is 0 Å². The third kappa shape index (κ3) is 2.19. The van der Waals surface area contributed by atoms with Gasteiger partial charge in [0.15, 0.2) is 4.73 Å². The van der Waals surface area contributed by atoms with Crippen molar-refractivity contribution in [2.24, 2.45) is 0 Å². The summed E-state index contributed by atoms with van der Waals surface area (Å²) in [6.45, 7) is 0. The second-order valence-corrected chi connectivity index (χ2v) is 4.65. The van der Waals surface area contributed by atoms with Crippen LogP contribution in [0.3, 0.4) is 0 Å². The van der Waals surface area contributed by atoms with Crippen molar-refractivity contribution in [1.82, 2.24) is 9.97 Å². The van der Waals surface area contributed by atoms with E-state index in [2.05, 4.69) is 25.9 Å². The van der Waals surface area contributed by atoms with E-state index in [1.807, 2.05) is 0 Å². The average Bonchev–Trinajstić information content (AvgIpc) is 2.63. The van der Waals surface area contributed by atoms with Gasteiger partial charge < -0.3 is 9.72 Å². The van der Waals surface area contributed by atoms with E-state index in [1.165, 1.54) is 0 Å². The Morgan fingerprint density at radius 2 is 2.12 bits per heavy atom. The van der Waals surface area contributed by atoms with Crippen LogP contribution in [0.5, 0.6) is 5.75 Å². The maximum atomic E-state index is 6.04. The number of nitrogens with one attached hydrogen (secondary N) is 1. The Bertz CT molecular complexity index is 528. The predicted octanol–water partition coefficient (Wildman–Crippen LogP) is 4.15. The Morgan fingerprint density at radius 1 is 1.38 bits per heavy atom. The summed E-state index contributed by atoms with van der Waals surface area (Å²) in [6, 6.07) is 3.41. The average molecular weight is 322 g/mol. The highest BCUT2D eigenvalue weighted by Crippen LogP contribution is 2.38. The van der Waals surface area contributed by atoms with Gasteiger partial charge in [-0.3, -0.25) is 0 Å². The van der Waals surface area contributed by atoms with Gasteiger partial charge in [0, 0.05) is 10.6 Å². The van der Waals surface area contributed by atoms with Gasteiger partial charge >= 0.3 is 0 Å². The van der Waals surface area contributed by atoms with Crippen molar-refractivity contribution >= 4 is 39.1 Å². The minimum absolute atomic E-state index is 0.468. The van der Waals surface area contributed by atoms with Crippen LogP contribution >= 0.6 is 39.1 Å². The van der Waals surface area contributed by atoms with E-state index in [9.17, 15) is 0 Å². The van der Waals surface area contributed by atoms with Crippen molar-refractivity contribution in [3.63, 3.8) is 0 Å². The van der Waals surface area contributed by atoms with Crippen molar-refractivity contribution < 1.29 is 4.74 Å². The third-order valence-corrected chi connectivity index (χ3v) is 2.95. The molecule has 1 heterocycles. The first-order valence-electron chi connectivity index (χ1n) is 4.35. The molecule has 0 amide bonds. The Kier molecular flexibility index (Phi) is 3.42. The molecule has 84 valence electrons. The molecule has 0 aliphatic heterocycles. The number of halogens is 3. The lowest BCUT2D eigenvalue weighted by Gasteiger charge is -2.09. The monoisotopic (exact) mass is 320 g/mol. The second-order valence-electron chi connectivity index (χ2n) is 3.06. The van der Waals surface area contributed by atoms with Crippen molar-refractivity contribution in [3.05, 3.63) is 33.1 Å². The van der Waals surface area contributed by atoms with Gasteiger partial charge in [0.25, 0.3) is 0 Å². The molecular weight excluding hydrogens is 315 g/mol. The molecule has 0 spiro atoms. The number of benzene rings is 1. The van der Waals surface area contributed by atoms with Crippen LogP contribution in [0.2, 0.25) is 10.0 Å².